The third kappa shape index (κ3) is 3.53. The van der Waals surface area contributed by atoms with Crippen LogP contribution in [0.25, 0.3) is 0 Å². The molecule has 17 heavy (non-hydrogen) atoms. The second-order valence-electron chi connectivity index (χ2n) is 4.04. The predicted molar refractivity (Wildman–Crippen MR) is 64.8 cm³/mol. The highest BCUT2D eigenvalue weighted by molar-refractivity contribution is 5.83. The first-order chi connectivity index (χ1) is 8.10. The molecule has 0 saturated heterocycles. The molecule has 0 radical (unpaired) electrons. The van der Waals surface area contributed by atoms with E-state index in [0.29, 0.717) is 12.1 Å². The SMILES string of the molecule is CNCC(C)C(=O)Cc1cccc(OC)c1F. The van der Waals surface area contributed by atoms with Crippen molar-refractivity contribution < 1.29 is 13.9 Å². The zero-order valence-corrected chi connectivity index (χ0v) is 10.4. The molecule has 0 aliphatic heterocycles. The van der Waals surface area contributed by atoms with Gasteiger partial charge in [-0.2, -0.15) is 0 Å². The van der Waals surface area contributed by atoms with Gasteiger partial charge in [0.25, 0.3) is 0 Å². The van der Waals surface area contributed by atoms with Crippen LogP contribution in [0.2, 0.25) is 0 Å². The number of methoxy groups -OCH3 is 1. The minimum atomic E-state index is -0.444. The number of benzene rings is 1. The maximum atomic E-state index is 13.8. The number of nitrogens with one attached hydrogen (secondary N) is 1. The molecule has 1 unspecified atom stereocenters. The van der Waals surface area contributed by atoms with Crippen molar-refractivity contribution in [1.82, 2.24) is 5.32 Å². The summed E-state index contributed by atoms with van der Waals surface area (Å²) in [5.74, 6) is -0.367. The lowest BCUT2D eigenvalue weighted by atomic mass is 9.99. The topological polar surface area (TPSA) is 38.3 Å². The van der Waals surface area contributed by atoms with Crippen LogP contribution in [0.5, 0.6) is 5.75 Å². The van der Waals surface area contributed by atoms with Crippen LogP contribution in [-0.2, 0) is 11.2 Å². The van der Waals surface area contributed by atoms with E-state index in [2.05, 4.69) is 5.32 Å². The van der Waals surface area contributed by atoms with Crippen molar-refractivity contribution in [2.24, 2.45) is 5.92 Å². The number of ether oxygens (including phenoxy) is 1. The summed E-state index contributed by atoms with van der Waals surface area (Å²) < 4.78 is 18.7. The monoisotopic (exact) mass is 239 g/mol. The van der Waals surface area contributed by atoms with Crippen LogP contribution in [0.15, 0.2) is 18.2 Å². The third-order valence-electron chi connectivity index (χ3n) is 2.69. The van der Waals surface area contributed by atoms with Crippen molar-refractivity contribution in [3.8, 4) is 5.75 Å². The van der Waals surface area contributed by atoms with E-state index in [0.717, 1.165) is 0 Å². The summed E-state index contributed by atoms with van der Waals surface area (Å²) in [5, 5.41) is 2.93. The summed E-state index contributed by atoms with van der Waals surface area (Å²) in [7, 11) is 3.20. The third-order valence-corrected chi connectivity index (χ3v) is 2.69. The van der Waals surface area contributed by atoms with E-state index in [4.69, 9.17) is 4.74 Å². The second-order valence-corrected chi connectivity index (χ2v) is 4.04. The predicted octanol–water partition coefficient (Wildman–Crippen LogP) is 1.80. The average Bonchev–Trinajstić information content (AvgIpc) is 2.32. The number of ketones is 1. The minimum absolute atomic E-state index is 0.0199. The Hall–Kier alpha value is -1.42. The molecule has 1 aromatic carbocycles. The fourth-order valence-corrected chi connectivity index (χ4v) is 1.63. The molecule has 1 aromatic rings. The van der Waals surface area contributed by atoms with Crippen molar-refractivity contribution in [3.05, 3.63) is 29.6 Å². The van der Waals surface area contributed by atoms with Gasteiger partial charge >= 0.3 is 0 Å². The molecule has 1 rings (SSSR count). The summed E-state index contributed by atoms with van der Waals surface area (Å²) in [6.45, 7) is 2.43. The van der Waals surface area contributed by atoms with Gasteiger partial charge in [-0.1, -0.05) is 19.1 Å². The first kappa shape index (κ1) is 13.6. The van der Waals surface area contributed by atoms with Gasteiger partial charge in [-0.05, 0) is 18.7 Å². The molecule has 0 aromatic heterocycles. The van der Waals surface area contributed by atoms with Crippen LogP contribution in [0.1, 0.15) is 12.5 Å². The van der Waals surface area contributed by atoms with Crippen molar-refractivity contribution in [2.45, 2.75) is 13.3 Å². The second kappa shape index (κ2) is 6.35. The molecule has 1 atom stereocenters. The molecular formula is C13H18FNO2. The Kier molecular flexibility index (Phi) is 5.10. The lowest BCUT2D eigenvalue weighted by Gasteiger charge is -2.11. The van der Waals surface area contributed by atoms with Gasteiger partial charge in [-0.3, -0.25) is 4.79 Å². The molecule has 0 aliphatic rings. The normalized spacial score (nSPS) is 12.2. The summed E-state index contributed by atoms with van der Waals surface area (Å²) in [5.41, 5.74) is 0.386. The molecule has 0 bridgehead atoms. The number of carbonyl (C=O) groups excluding carboxylic acids is 1. The Balaban J connectivity index is 2.78. The summed E-state index contributed by atoms with van der Waals surface area (Å²) in [6, 6.07) is 4.84. The van der Waals surface area contributed by atoms with Gasteiger partial charge in [0.2, 0.25) is 0 Å². The fourth-order valence-electron chi connectivity index (χ4n) is 1.63. The quantitative estimate of drug-likeness (QED) is 0.822. The lowest BCUT2D eigenvalue weighted by Crippen LogP contribution is -2.25. The average molecular weight is 239 g/mol. The standard InChI is InChI=1S/C13H18FNO2/c1-9(8-15-2)11(16)7-10-5-4-6-12(17-3)13(10)14/h4-6,9,15H,7-8H2,1-3H3. The molecule has 0 saturated carbocycles. The molecule has 1 N–H and O–H groups in total. The molecule has 0 aliphatic carbocycles. The Morgan fingerprint density at radius 3 is 2.82 bits per heavy atom. The molecule has 0 fully saturated rings. The minimum Gasteiger partial charge on any atom is -0.494 e. The number of hydrogen-bond acceptors (Lipinski definition) is 3. The van der Waals surface area contributed by atoms with Crippen LogP contribution in [0.3, 0.4) is 0 Å². The Labute approximate surface area is 101 Å². The summed E-state index contributed by atoms with van der Waals surface area (Å²) in [4.78, 5) is 11.8. The van der Waals surface area contributed by atoms with Crippen molar-refractivity contribution in [2.75, 3.05) is 20.7 Å². The van der Waals surface area contributed by atoms with Crippen LogP contribution >= 0.6 is 0 Å². The maximum Gasteiger partial charge on any atom is 0.168 e. The number of hydrogen-bond donors (Lipinski definition) is 1. The zero-order chi connectivity index (χ0) is 12.8. The van der Waals surface area contributed by atoms with Gasteiger partial charge in [0, 0.05) is 18.9 Å². The Bertz CT molecular complexity index is 393. The molecule has 0 spiro atoms. The number of rotatable bonds is 6. The van der Waals surface area contributed by atoms with E-state index in [9.17, 15) is 9.18 Å². The first-order valence-corrected chi connectivity index (χ1v) is 5.58. The van der Waals surface area contributed by atoms with E-state index in [1.165, 1.54) is 7.11 Å². The number of Topliss-reactive ketones (excluding diaryl/α,β-unsaturated/α-hetero) is 1. The van der Waals surface area contributed by atoms with Gasteiger partial charge in [0.1, 0.15) is 5.78 Å². The zero-order valence-electron chi connectivity index (χ0n) is 10.4. The van der Waals surface area contributed by atoms with Gasteiger partial charge in [-0.25, -0.2) is 4.39 Å². The molecule has 94 valence electrons. The van der Waals surface area contributed by atoms with Gasteiger partial charge < -0.3 is 10.1 Å². The van der Waals surface area contributed by atoms with Gasteiger partial charge in [0.05, 0.1) is 7.11 Å². The molecular weight excluding hydrogens is 221 g/mol. The van der Waals surface area contributed by atoms with Crippen LogP contribution in [0.4, 0.5) is 4.39 Å². The Morgan fingerprint density at radius 2 is 2.24 bits per heavy atom. The van der Waals surface area contributed by atoms with Crippen LogP contribution in [0, 0.1) is 11.7 Å². The van der Waals surface area contributed by atoms with E-state index in [1.54, 1.807) is 25.2 Å². The number of halogens is 1. The smallest absolute Gasteiger partial charge is 0.168 e. The van der Waals surface area contributed by atoms with E-state index in [-0.39, 0.29) is 23.9 Å². The molecule has 0 amide bonds. The van der Waals surface area contributed by atoms with Gasteiger partial charge in [0.15, 0.2) is 11.6 Å². The van der Waals surface area contributed by atoms with E-state index < -0.39 is 5.82 Å². The van der Waals surface area contributed by atoms with Crippen molar-refractivity contribution in [3.63, 3.8) is 0 Å². The highest BCUT2D eigenvalue weighted by Crippen LogP contribution is 2.21. The fraction of sp³-hybridized carbons (Fsp3) is 0.462. The van der Waals surface area contributed by atoms with Crippen molar-refractivity contribution >= 4 is 5.78 Å². The molecule has 0 heterocycles. The van der Waals surface area contributed by atoms with Crippen LogP contribution in [-0.4, -0.2) is 26.5 Å². The van der Waals surface area contributed by atoms with E-state index >= 15 is 0 Å². The summed E-state index contributed by atoms with van der Waals surface area (Å²) >= 11 is 0. The first-order valence-electron chi connectivity index (χ1n) is 5.58. The number of carbonyl (C=O) groups is 1. The highest BCUT2D eigenvalue weighted by atomic mass is 19.1. The van der Waals surface area contributed by atoms with E-state index in [1.807, 2.05) is 6.92 Å². The largest absolute Gasteiger partial charge is 0.494 e. The highest BCUT2D eigenvalue weighted by Gasteiger charge is 2.16. The van der Waals surface area contributed by atoms with Gasteiger partial charge in [-0.15, -0.1) is 0 Å². The van der Waals surface area contributed by atoms with Crippen LogP contribution < -0.4 is 10.1 Å². The summed E-state index contributed by atoms with van der Waals surface area (Å²) in [6.07, 6.45) is 0.103. The molecule has 4 heteroatoms. The molecule has 3 nitrogen and oxygen atoms in total. The Morgan fingerprint density at radius 1 is 1.53 bits per heavy atom. The lowest BCUT2D eigenvalue weighted by molar-refractivity contribution is -0.121. The van der Waals surface area contributed by atoms with Crippen molar-refractivity contribution in [1.29, 1.82) is 0 Å². The maximum absolute atomic E-state index is 13.8.